The summed E-state index contributed by atoms with van der Waals surface area (Å²) in [6.07, 6.45) is -10.5. The van der Waals surface area contributed by atoms with Gasteiger partial charge in [-0.15, -0.1) is 0 Å². The van der Waals surface area contributed by atoms with Gasteiger partial charge in [-0.3, -0.25) is 14.6 Å². The molecule has 0 aliphatic carbocycles. The van der Waals surface area contributed by atoms with Crippen molar-refractivity contribution in [2.75, 3.05) is 32.3 Å². The summed E-state index contributed by atoms with van der Waals surface area (Å²) in [7, 11) is 2.36. The Morgan fingerprint density at radius 2 is 1.57 bits per heavy atom. The van der Waals surface area contributed by atoms with Crippen LogP contribution in [-0.2, 0) is 33.2 Å². The normalized spacial score (nSPS) is 16.3. The molecule has 16 heteroatoms. The zero-order valence-electron chi connectivity index (χ0n) is 26.2. The minimum atomic E-state index is -5.10. The van der Waals surface area contributed by atoms with Gasteiger partial charge in [-0.25, -0.2) is 9.59 Å². The van der Waals surface area contributed by atoms with Crippen LogP contribution in [0.2, 0.25) is 0 Å². The molecule has 1 N–H and O–H groups in total. The number of alkyl halides is 6. The standard InChI is InChI=1S/C31H36F6N2O8/c1-5-46-29(43)39-18(2)11-23(22-15-25(44-3)26(16-24(22)39)47-10-8-6-7-9-27(40)41)38(28(42)45-4)17-19-12-20(30(32,33)34)14-21(13-19)31(35,36)37/h12-16,18,23H,5-11,17H2,1-4H3,(H,40,41). The number of anilines is 1. The fraction of sp³-hybridized carbons (Fsp3) is 0.516. The van der Waals surface area contributed by atoms with Crippen LogP contribution in [0.25, 0.3) is 0 Å². The second-order valence-corrected chi connectivity index (χ2v) is 10.8. The lowest BCUT2D eigenvalue weighted by molar-refractivity contribution is -0.143. The van der Waals surface area contributed by atoms with Crippen LogP contribution in [0.5, 0.6) is 11.5 Å². The number of amides is 2. The van der Waals surface area contributed by atoms with E-state index >= 15 is 0 Å². The minimum absolute atomic E-state index is 0.000259. The number of unbranched alkanes of at least 4 members (excludes halogenated alkanes) is 2. The third kappa shape index (κ3) is 9.35. The molecule has 2 unspecified atom stereocenters. The minimum Gasteiger partial charge on any atom is -0.493 e. The molecule has 2 amide bonds. The van der Waals surface area contributed by atoms with Gasteiger partial charge < -0.3 is 24.1 Å². The number of halogens is 6. The smallest absolute Gasteiger partial charge is 0.416 e. The van der Waals surface area contributed by atoms with Crippen LogP contribution < -0.4 is 14.4 Å². The molecule has 2 atom stereocenters. The maximum absolute atomic E-state index is 13.6. The van der Waals surface area contributed by atoms with E-state index in [1.807, 2.05) is 0 Å². The second-order valence-electron chi connectivity index (χ2n) is 10.8. The average molecular weight is 679 g/mol. The lowest BCUT2D eigenvalue weighted by Gasteiger charge is -2.42. The highest BCUT2D eigenvalue weighted by molar-refractivity contribution is 5.91. The molecule has 260 valence electrons. The number of carboxylic acids is 1. The summed E-state index contributed by atoms with van der Waals surface area (Å²) < 4.78 is 103. The van der Waals surface area contributed by atoms with Gasteiger partial charge in [-0.05, 0) is 69.4 Å². The number of rotatable bonds is 12. The Labute approximate surface area is 267 Å². The fourth-order valence-corrected chi connectivity index (χ4v) is 5.34. The first-order chi connectivity index (χ1) is 22.0. The number of carboxylic acid groups (broad SMARTS) is 1. The van der Waals surface area contributed by atoms with Crippen LogP contribution in [0.15, 0.2) is 30.3 Å². The van der Waals surface area contributed by atoms with Gasteiger partial charge in [0.2, 0.25) is 0 Å². The second kappa shape index (κ2) is 15.5. The Balaban J connectivity index is 2.11. The van der Waals surface area contributed by atoms with Crippen LogP contribution in [-0.4, -0.2) is 61.6 Å². The topological polar surface area (TPSA) is 115 Å². The molecule has 47 heavy (non-hydrogen) atoms. The zero-order chi connectivity index (χ0) is 35.1. The molecule has 2 aromatic carbocycles. The molecule has 0 saturated carbocycles. The summed E-state index contributed by atoms with van der Waals surface area (Å²) in [5.41, 5.74) is -3.04. The van der Waals surface area contributed by atoms with Crippen molar-refractivity contribution in [1.82, 2.24) is 4.90 Å². The molecule has 0 aromatic heterocycles. The molecule has 1 aliphatic heterocycles. The van der Waals surface area contributed by atoms with Crippen molar-refractivity contribution in [3.05, 3.63) is 52.6 Å². The highest BCUT2D eigenvalue weighted by atomic mass is 19.4. The average Bonchev–Trinajstić information content (AvgIpc) is 2.99. The molecule has 3 rings (SSSR count). The van der Waals surface area contributed by atoms with Crippen LogP contribution in [0.4, 0.5) is 41.6 Å². The molecule has 0 saturated heterocycles. The summed E-state index contributed by atoms with van der Waals surface area (Å²) in [5.74, 6) is -0.551. The van der Waals surface area contributed by atoms with Crippen LogP contribution in [0.1, 0.15) is 74.2 Å². The van der Waals surface area contributed by atoms with E-state index in [4.69, 9.17) is 24.1 Å². The summed E-state index contributed by atoms with van der Waals surface area (Å²) in [5, 5.41) is 8.83. The van der Waals surface area contributed by atoms with Crippen molar-refractivity contribution in [2.24, 2.45) is 0 Å². The van der Waals surface area contributed by atoms with Crippen molar-refractivity contribution < 1.29 is 64.8 Å². The summed E-state index contributed by atoms with van der Waals surface area (Å²) >= 11 is 0. The van der Waals surface area contributed by atoms with E-state index in [9.17, 15) is 40.7 Å². The Hall–Kier alpha value is -4.37. The van der Waals surface area contributed by atoms with Crippen molar-refractivity contribution in [3.8, 4) is 11.5 Å². The quantitative estimate of drug-likeness (QED) is 0.179. The number of fused-ring (bicyclic) bond motifs is 1. The van der Waals surface area contributed by atoms with Crippen LogP contribution in [0, 0.1) is 0 Å². The van der Waals surface area contributed by atoms with E-state index in [-0.39, 0.29) is 54.9 Å². The van der Waals surface area contributed by atoms with Gasteiger partial charge in [-0.1, -0.05) is 0 Å². The summed E-state index contributed by atoms with van der Waals surface area (Å²) in [6.45, 7) is 2.74. The maximum atomic E-state index is 13.6. The number of hydrogen-bond acceptors (Lipinski definition) is 7. The zero-order valence-corrected chi connectivity index (χ0v) is 26.2. The van der Waals surface area contributed by atoms with Gasteiger partial charge in [0.05, 0.1) is 50.3 Å². The predicted molar refractivity (Wildman–Crippen MR) is 155 cm³/mol. The van der Waals surface area contributed by atoms with Gasteiger partial charge in [0.15, 0.2) is 11.5 Å². The van der Waals surface area contributed by atoms with Crippen LogP contribution >= 0.6 is 0 Å². The fourth-order valence-electron chi connectivity index (χ4n) is 5.34. The third-order valence-electron chi connectivity index (χ3n) is 7.48. The highest BCUT2D eigenvalue weighted by Crippen LogP contribution is 2.47. The van der Waals surface area contributed by atoms with Gasteiger partial charge in [-0.2, -0.15) is 26.3 Å². The van der Waals surface area contributed by atoms with E-state index in [0.29, 0.717) is 31.4 Å². The highest BCUT2D eigenvalue weighted by Gasteiger charge is 2.42. The van der Waals surface area contributed by atoms with E-state index in [1.54, 1.807) is 13.8 Å². The molecule has 1 heterocycles. The lowest BCUT2D eigenvalue weighted by Crippen LogP contribution is -2.47. The maximum Gasteiger partial charge on any atom is 0.416 e. The van der Waals surface area contributed by atoms with Gasteiger partial charge in [0, 0.05) is 30.6 Å². The Kier molecular flexibility index (Phi) is 12.2. The van der Waals surface area contributed by atoms with Crippen molar-refractivity contribution in [2.45, 2.75) is 76.9 Å². The first-order valence-corrected chi connectivity index (χ1v) is 14.7. The van der Waals surface area contributed by atoms with E-state index in [2.05, 4.69) is 0 Å². The first kappa shape index (κ1) is 37.1. The van der Waals surface area contributed by atoms with Crippen molar-refractivity contribution in [1.29, 1.82) is 0 Å². The summed E-state index contributed by atoms with van der Waals surface area (Å²) in [6, 6.07) is 2.34. The van der Waals surface area contributed by atoms with Crippen molar-refractivity contribution >= 4 is 23.8 Å². The molecule has 0 radical (unpaired) electrons. The third-order valence-corrected chi connectivity index (χ3v) is 7.48. The number of methoxy groups -OCH3 is 2. The molecular formula is C31H36F6N2O8. The molecule has 0 fully saturated rings. The number of hydrogen-bond donors (Lipinski definition) is 1. The monoisotopic (exact) mass is 678 g/mol. The number of ether oxygens (including phenoxy) is 4. The Morgan fingerprint density at radius 1 is 0.936 bits per heavy atom. The molecule has 1 aliphatic rings. The van der Waals surface area contributed by atoms with E-state index in [0.717, 1.165) is 12.0 Å². The molecular weight excluding hydrogens is 642 g/mol. The number of carbonyl (C=O) groups excluding carboxylic acids is 2. The van der Waals surface area contributed by atoms with Crippen molar-refractivity contribution in [3.63, 3.8) is 0 Å². The van der Waals surface area contributed by atoms with E-state index in [1.165, 1.54) is 24.1 Å². The predicted octanol–water partition coefficient (Wildman–Crippen LogP) is 7.82. The SMILES string of the molecule is CCOC(=O)N1c2cc(OCCCCCC(=O)O)c(OC)cc2C(N(Cc2cc(C(F)(F)F)cc(C(F)(F)F)c2)C(=O)OC)CC1C. The van der Waals surface area contributed by atoms with Gasteiger partial charge in [0.1, 0.15) is 0 Å². The molecule has 10 nitrogen and oxygen atoms in total. The molecule has 2 aromatic rings. The molecule has 0 bridgehead atoms. The number of aliphatic carboxylic acids is 1. The number of benzene rings is 2. The first-order valence-electron chi connectivity index (χ1n) is 14.7. The summed E-state index contributed by atoms with van der Waals surface area (Å²) in [4.78, 5) is 39.4. The van der Waals surface area contributed by atoms with E-state index < -0.39 is 65.8 Å². The van der Waals surface area contributed by atoms with Gasteiger partial charge in [0.25, 0.3) is 0 Å². The largest absolute Gasteiger partial charge is 0.493 e. The Morgan fingerprint density at radius 3 is 2.11 bits per heavy atom. The number of carbonyl (C=O) groups is 3. The molecule has 0 spiro atoms. The lowest BCUT2D eigenvalue weighted by atomic mass is 9.90. The van der Waals surface area contributed by atoms with Gasteiger partial charge >= 0.3 is 30.5 Å². The Bertz CT molecular complexity index is 1400. The van der Waals surface area contributed by atoms with Crippen LogP contribution in [0.3, 0.4) is 0 Å². The number of nitrogens with zero attached hydrogens (tertiary/aromatic N) is 2.